The number of hydrogen-bond acceptors (Lipinski definition) is 3. The van der Waals surface area contributed by atoms with Gasteiger partial charge in [-0.15, -0.1) is 0 Å². The standard InChI is InChI=1S/C15H18BrN3/c1-4-14-17-13(16)10-15(18-14)19(5-2)12-9-7-6-8-11(12)3/h6-10H,4-5H2,1-3H3. The van der Waals surface area contributed by atoms with Gasteiger partial charge in [0.2, 0.25) is 0 Å². The van der Waals surface area contributed by atoms with Gasteiger partial charge < -0.3 is 4.90 Å². The largest absolute Gasteiger partial charge is 0.326 e. The van der Waals surface area contributed by atoms with E-state index in [0.717, 1.165) is 29.2 Å². The van der Waals surface area contributed by atoms with Crippen molar-refractivity contribution < 1.29 is 0 Å². The normalized spacial score (nSPS) is 10.5. The fourth-order valence-electron chi connectivity index (χ4n) is 2.07. The van der Waals surface area contributed by atoms with E-state index in [-0.39, 0.29) is 0 Å². The summed E-state index contributed by atoms with van der Waals surface area (Å²) >= 11 is 3.46. The van der Waals surface area contributed by atoms with Gasteiger partial charge in [-0.1, -0.05) is 25.1 Å². The Balaban J connectivity index is 2.48. The molecule has 0 aliphatic carbocycles. The fraction of sp³-hybridized carbons (Fsp3) is 0.333. The molecule has 0 bridgehead atoms. The van der Waals surface area contributed by atoms with Crippen molar-refractivity contribution in [2.24, 2.45) is 0 Å². The van der Waals surface area contributed by atoms with Crippen molar-refractivity contribution in [2.75, 3.05) is 11.4 Å². The van der Waals surface area contributed by atoms with E-state index in [1.807, 2.05) is 6.07 Å². The van der Waals surface area contributed by atoms with E-state index in [1.165, 1.54) is 11.3 Å². The van der Waals surface area contributed by atoms with Gasteiger partial charge in [0.15, 0.2) is 0 Å². The first-order valence-corrected chi connectivity index (χ1v) is 7.31. The Morgan fingerprint density at radius 2 is 1.89 bits per heavy atom. The van der Waals surface area contributed by atoms with Crippen molar-refractivity contribution in [1.82, 2.24) is 9.97 Å². The van der Waals surface area contributed by atoms with Gasteiger partial charge >= 0.3 is 0 Å². The van der Waals surface area contributed by atoms with Crippen molar-refractivity contribution in [2.45, 2.75) is 27.2 Å². The van der Waals surface area contributed by atoms with Crippen LogP contribution >= 0.6 is 15.9 Å². The van der Waals surface area contributed by atoms with Gasteiger partial charge in [0.25, 0.3) is 0 Å². The van der Waals surface area contributed by atoms with E-state index in [9.17, 15) is 0 Å². The van der Waals surface area contributed by atoms with Gasteiger partial charge in [-0.25, -0.2) is 9.97 Å². The smallest absolute Gasteiger partial charge is 0.137 e. The van der Waals surface area contributed by atoms with Crippen LogP contribution in [0.3, 0.4) is 0 Å². The Hall–Kier alpha value is -1.42. The molecule has 0 unspecified atom stereocenters. The third-order valence-corrected chi connectivity index (χ3v) is 3.45. The maximum atomic E-state index is 4.63. The molecule has 0 fully saturated rings. The lowest BCUT2D eigenvalue weighted by Crippen LogP contribution is -2.19. The zero-order valence-electron chi connectivity index (χ0n) is 11.5. The monoisotopic (exact) mass is 319 g/mol. The van der Waals surface area contributed by atoms with Crippen LogP contribution < -0.4 is 4.90 Å². The number of nitrogens with zero attached hydrogens (tertiary/aromatic N) is 3. The molecular formula is C15H18BrN3. The third-order valence-electron chi connectivity index (χ3n) is 3.04. The van der Waals surface area contributed by atoms with Gasteiger partial charge in [0.1, 0.15) is 16.2 Å². The molecule has 0 saturated carbocycles. The topological polar surface area (TPSA) is 29.0 Å². The lowest BCUT2D eigenvalue weighted by atomic mass is 10.2. The molecule has 0 N–H and O–H groups in total. The molecule has 4 heteroatoms. The number of rotatable bonds is 4. The number of halogens is 1. The van der Waals surface area contributed by atoms with Crippen LogP contribution in [-0.2, 0) is 6.42 Å². The molecule has 2 rings (SSSR count). The highest BCUT2D eigenvalue weighted by molar-refractivity contribution is 9.10. The van der Waals surface area contributed by atoms with Gasteiger partial charge in [0, 0.05) is 24.7 Å². The molecule has 1 heterocycles. The molecule has 0 aliphatic rings. The molecule has 0 amide bonds. The Morgan fingerprint density at radius 3 is 2.53 bits per heavy atom. The van der Waals surface area contributed by atoms with Crippen LogP contribution in [0, 0.1) is 6.92 Å². The zero-order valence-corrected chi connectivity index (χ0v) is 13.1. The Morgan fingerprint density at radius 1 is 1.16 bits per heavy atom. The molecule has 1 aromatic heterocycles. The molecule has 0 aliphatic heterocycles. The molecule has 0 spiro atoms. The molecule has 0 atom stereocenters. The second-order valence-electron chi connectivity index (χ2n) is 4.35. The molecule has 2 aromatic rings. The van der Waals surface area contributed by atoms with Crippen molar-refractivity contribution in [3.63, 3.8) is 0 Å². The summed E-state index contributed by atoms with van der Waals surface area (Å²) in [4.78, 5) is 11.2. The molecule has 3 nitrogen and oxygen atoms in total. The van der Waals surface area contributed by atoms with Gasteiger partial charge in [-0.05, 0) is 41.4 Å². The summed E-state index contributed by atoms with van der Waals surface area (Å²) in [6.07, 6.45) is 0.831. The predicted molar refractivity (Wildman–Crippen MR) is 83.0 cm³/mol. The summed E-state index contributed by atoms with van der Waals surface area (Å²) in [5.74, 6) is 1.80. The summed E-state index contributed by atoms with van der Waals surface area (Å²) in [7, 11) is 0. The maximum Gasteiger partial charge on any atom is 0.137 e. The van der Waals surface area contributed by atoms with Gasteiger partial charge in [0.05, 0.1) is 0 Å². The Kier molecular flexibility index (Phi) is 4.53. The molecule has 0 radical (unpaired) electrons. The minimum absolute atomic E-state index is 0.831. The lowest BCUT2D eigenvalue weighted by molar-refractivity contribution is 0.892. The first-order chi connectivity index (χ1) is 9.15. The minimum Gasteiger partial charge on any atom is -0.326 e. The van der Waals surface area contributed by atoms with Crippen molar-refractivity contribution in [3.8, 4) is 0 Å². The molecule has 0 saturated heterocycles. The van der Waals surface area contributed by atoms with E-state index < -0.39 is 0 Å². The number of benzene rings is 1. The highest BCUT2D eigenvalue weighted by Crippen LogP contribution is 2.27. The Bertz CT molecular complexity index is 569. The minimum atomic E-state index is 0.831. The first-order valence-electron chi connectivity index (χ1n) is 6.52. The highest BCUT2D eigenvalue weighted by Gasteiger charge is 2.12. The summed E-state index contributed by atoms with van der Waals surface area (Å²) in [5, 5.41) is 0. The van der Waals surface area contributed by atoms with E-state index in [2.05, 4.69) is 75.8 Å². The van der Waals surface area contributed by atoms with E-state index in [0.29, 0.717) is 0 Å². The van der Waals surface area contributed by atoms with E-state index >= 15 is 0 Å². The first kappa shape index (κ1) is 14.0. The van der Waals surface area contributed by atoms with Crippen LogP contribution in [-0.4, -0.2) is 16.5 Å². The summed E-state index contributed by atoms with van der Waals surface area (Å²) in [6, 6.07) is 10.3. The van der Waals surface area contributed by atoms with Crippen LogP contribution in [0.2, 0.25) is 0 Å². The van der Waals surface area contributed by atoms with Crippen LogP contribution in [0.25, 0.3) is 0 Å². The van der Waals surface area contributed by atoms with Crippen molar-refractivity contribution in [1.29, 1.82) is 0 Å². The van der Waals surface area contributed by atoms with Crippen molar-refractivity contribution in [3.05, 3.63) is 46.3 Å². The summed E-state index contributed by atoms with van der Waals surface area (Å²) in [6.45, 7) is 7.19. The zero-order chi connectivity index (χ0) is 13.8. The van der Waals surface area contributed by atoms with Gasteiger partial charge in [-0.2, -0.15) is 0 Å². The number of hydrogen-bond donors (Lipinski definition) is 0. The average Bonchev–Trinajstić information content (AvgIpc) is 2.41. The fourth-order valence-corrected chi connectivity index (χ4v) is 2.48. The number of para-hydroxylation sites is 1. The molecule has 19 heavy (non-hydrogen) atoms. The van der Waals surface area contributed by atoms with Crippen LogP contribution in [0.15, 0.2) is 34.9 Å². The second kappa shape index (κ2) is 6.15. The van der Waals surface area contributed by atoms with Crippen molar-refractivity contribution >= 4 is 27.4 Å². The average molecular weight is 320 g/mol. The SMILES string of the molecule is CCc1nc(Br)cc(N(CC)c2ccccc2C)n1. The summed E-state index contributed by atoms with van der Waals surface area (Å²) < 4.78 is 0.835. The quantitative estimate of drug-likeness (QED) is 0.788. The number of aromatic nitrogens is 2. The molecule has 100 valence electrons. The molecular weight excluding hydrogens is 302 g/mol. The second-order valence-corrected chi connectivity index (χ2v) is 5.16. The van der Waals surface area contributed by atoms with Crippen LogP contribution in [0.1, 0.15) is 25.2 Å². The predicted octanol–water partition coefficient (Wildman–Crippen LogP) is 4.27. The van der Waals surface area contributed by atoms with E-state index in [1.54, 1.807) is 0 Å². The number of aryl methyl sites for hydroxylation is 2. The Labute approximate surface area is 122 Å². The van der Waals surface area contributed by atoms with Crippen LogP contribution in [0.5, 0.6) is 0 Å². The maximum absolute atomic E-state index is 4.63. The van der Waals surface area contributed by atoms with Gasteiger partial charge in [-0.3, -0.25) is 0 Å². The summed E-state index contributed by atoms with van der Waals surface area (Å²) in [5.41, 5.74) is 2.44. The number of anilines is 2. The third kappa shape index (κ3) is 3.13. The highest BCUT2D eigenvalue weighted by atomic mass is 79.9. The van der Waals surface area contributed by atoms with Crippen LogP contribution in [0.4, 0.5) is 11.5 Å². The lowest BCUT2D eigenvalue weighted by Gasteiger charge is -2.24. The molecule has 1 aromatic carbocycles. The van der Waals surface area contributed by atoms with E-state index in [4.69, 9.17) is 0 Å².